The molecule has 31 heavy (non-hydrogen) atoms. The van der Waals surface area contributed by atoms with E-state index in [-0.39, 0.29) is 18.1 Å². The van der Waals surface area contributed by atoms with Gasteiger partial charge < -0.3 is 19.9 Å². The number of hydrogen-bond donors (Lipinski definition) is 1. The molecular weight excluding hydrogens is 390 g/mol. The van der Waals surface area contributed by atoms with Crippen LogP contribution in [0.25, 0.3) is 0 Å². The number of hydrogen-bond acceptors (Lipinski definition) is 4. The molecule has 0 aromatic heterocycles. The number of rotatable bonds is 9. The van der Waals surface area contributed by atoms with Crippen LogP contribution in [0.2, 0.25) is 0 Å². The van der Waals surface area contributed by atoms with Gasteiger partial charge in [0.05, 0.1) is 25.3 Å². The molecule has 2 rings (SSSR count). The Kier molecular flexibility index (Phi) is 10.3. The third kappa shape index (κ3) is 8.15. The molecule has 2 unspecified atom stereocenters. The van der Waals surface area contributed by atoms with Gasteiger partial charge in [0.2, 0.25) is 5.91 Å². The van der Waals surface area contributed by atoms with Crippen LogP contribution in [-0.4, -0.2) is 85.1 Å². The molecule has 1 saturated heterocycles. The molecule has 7 heteroatoms. The second kappa shape index (κ2) is 12.7. The lowest BCUT2D eigenvalue weighted by Crippen LogP contribution is -2.45. The van der Waals surface area contributed by atoms with E-state index in [1.807, 2.05) is 37.6 Å². The second-order valence-corrected chi connectivity index (χ2v) is 8.36. The van der Waals surface area contributed by atoms with Gasteiger partial charge in [0.15, 0.2) is 5.96 Å². The number of morpholine rings is 1. The number of carbonyl (C=O) groups excluding carboxylic acids is 1. The van der Waals surface area contributed by atoms with E-state index in [2.05, 4.69) is 48.3 Å². The number of nitrogens with zero attached hydrogens (tertiary/aromatic N) is 4. The highest BCUT2D eigenvalue weighted by molar-refractivity contribution is 5.86. The van der Waals surface area contributed by atoms with Crippen LogP contribution >= 0.6 is 0 Å². The van der Waals surface area contributed by atoms with Crippen LogP contribution in [0.3, 0.4) is 0 Å². The smallest absolute Gasteiger partial charge is 0.242 e. The Bertz CT molecular complexity index is 692. The largest absolute Gasteiger partial charge is 0.373 e. The summed E-state index contributed by atoms with van der Waals surface area (Å²) in [5.41, 5.74) is 2.47. The zero-order chi connectivity index (χ0) is 22.8. The van der Waals surface area contributed by atoms with Gasteiger partial charge in [-0.25, -0.2) is 4.99 Å². The fourth-order valence-corrected chi connectivity index (χ4v) is 4.01. The average molecular weight is 432 g/mol. The van der Waals surface area contributed by atoms with Crippen LogP contribution in [0, 0.1) is 0 Å². The summed E-state index contributed by atoms with van der Waals surface area (Å²) in [7, 11) is 1.91. The van der Waals surface area contributed by atoms with Crippen molar-refractivity contribution in [2.24, 2.45) is 4.99 Å². The first-order valence-corrected chi connectivity index (χ1v) is 11.6. The van der Waals surface area contributed by atoms with Crippen molar-refractivity contribution in [2.75, 3.05) is 46.3 Å². The van der Waals surface area contributed by atoms with Crippen LogP contribution in [0.1, 0.15) is 45.7 Å². The summed E-state index contributed by atoms with van der Waals surface area (Å²) >= 11 is 0. The quantitative estimate of drug-likeness (QED) is 0.481. The summed E-state index contributed by atoms with van der Waals surface area (Å²) in [6, 6.07) is 8.68. The molecule has 1 aliphatic heterocycles. The molecule has 0 aliphatic carbocycles. The summed E-state index contributed by atoms with van der Waals surface area (Å²) in [4.78, 5) is 23.4. The van der Waals surface area contributed by atoms with Gasteiger partial charge >= 0.3 is 0 Å². The Labute approximate surface area is 188 Å². The van der Waals surface area contributed by atoms with Crippen molar-refractivity contribution in [3.05, 3.63) is 35.4 Å². The van der Waals surface area contributed by atoms with E-state index >= 15 is 0 Å². The Morgan fingerprint density at radius 1 is 1.10 bits per heavy atom. The van der Waals surface area contributed by atoms with Gasteiger partial charge in [-0.05, 0) is 45.7 Å². The average Bonchev–Trinajstić information content (AvgIpc) is 2.72. The van der Waals surface area contributed by atoms with Gasteiger partial charge in [-0.1, -0.05) is 24.3 Å². The number of aliphatic imine (C=N–C) groups is 1. The fraction of sp³-hybridized carbons (Fsp3) is 0.667. The zero-order valence-corrected chi connectivity index (χ0v) is 20.2. The maximum atomic E-state index is 12.4. The molecule has 1 fully saturated rings. The van der Waals surface area contributed by atoms with Crippen molar-refractivity contribution >= 4 is 11.9 Å². The van der Waals surface area contributed by atoms with Gasteiger partial charge in [0.1, 0.15) is 0 Å². The maximum Gasteiger partial charge on any atom is 0.242 e. The molecule has 1 N–H and O–H groups in total. The van der Waals surface area contributed by atoms with Crippen molar-refractivity contribution in [1.29, 1.82) is 0 Å². The summed E-state index contributed by atoms with van der Waals surface area (Å²) < 4.78 is 5.83. The topological polar surface area (TPSA) is 60.4 Å². The standard InChI is InChI=1S/C24H41N5O2/c1-7-25-24(27(6)18-23(30)29(8-2)9-3)26-14-21-10-12-22(13-11-21)17-28-15-19(4)31-20(5)16-28/h10-13,19-20H,7-9,14-18H2,1-6H3,(H,25,26). The molecule has 1 aliphatic rings. The van der Waals surface area contributed by atoms with E-state index in [0.29, 0.717) is 13.1 Å². The zero-order valence-electron chi connectivity index (χ0n) is 20.2. The lowest BCUT2D eigenvalue weighted by atomic mass is 10.1. The van der Waals surface area contributed by atoms with Gasteiger partial charge in [-0.3, -0.25) is 9.69 Å². The normalized spacial score (nSPS) is 19.9. The van der Waals surface area contributed by atoms with Crippen molar-refractivity contribution in [3.63, 3.8) is 0 Å². The highest BCUT2D eigenvalue weighted by Crippen LogP contribution is 2.15. The third-order valence-electron chi connectivity index (χ3n) is 5.52. The third-order valence-corrected chi connectivity index (χ3v) is 5.52. The van der Waals surface area contributed by atoms with E-state index < -0.39 is 0 Å². The second-order valence-electron chi connectivity index (χ2n) is 8.36. The minimum atomic E-state index is 0.120. The predicted molar refractivity (Wildman–Crippen MR) is 127 cm³/mol. The predicted octanol–water partition coefficient (Wildman–Crippen LogP) is 2.56. The Morgan fingerprint density at radius 3 is 2.23 bits per heavy atom. The van der Waals surface area contributed by atoms with Crippen LogP contribution in [0.4, 0.5) is 0 Å². The van der Waals surface area contributed by atoms with Crippen molar-refractivity contribution in [1.82, 2.24) is 20.0 Å². The number of benzene rings is 1. The van der Waals surface area contributed by atoms with E-state index in [1.54, 1.807) is 0 Å². The molecule has 1 aromatic rings. The van der Waals surface area contributed by atoms with Crippen LogP contribution in [0.5, 0.6) is 0 Å². The molecule has 174 valence electrons. The van der Waals surface area contributed by atoms with Crippen LogP contribution < -0.4 is 5.32 Å². The van der Waals surface area contributed by atoms with E-state index in [0.717, 1.165) is 50.8 Å². The molecule has 0 radical (unpaired) electrons. The van der Waals surface area contributed by atoms with E-state index in [1.165, 1.54) is 5.56 Å². The Morgan fingerprint density at radius 2 is 1.68 bits per heavy atom. The SMILES string of the molecule is CCNC(=NCc1ccc(CN2CC(C)OC(C)C2)cc1)N(C)CC(=O)N(CC)CC. The summed E-state index contributed by atoms with van der Waals surface area (Å²) in [6.45, 7) is 16.3. The molecule has 0 saturated carbocycles. The van der Waals surface area contributed by atoms with E-state index in [9.17, 15) is 4.79 Å². The summed E-state index contributed by atoms with van der Waals surface area (Å²) in [5, 5.41) is 3.29. The van der Waals surface area contributed by atoms with Gasteiger partial charge in [0.25, 0.3) is 0 Å². The molecular formula is C24H41N5O2. The highest BCUT2D eigenvalue weighted by Gasteiger charge is 2.22. The molecule has 1 amide bonds. The number of amides is 1. The van der Waals surface area contributed by atoms with Crippen molar-refractivity contribution in [3.8, 4) is 0 Å². The molecule has 1 aromatic carbocycles. The van der Waals surface area contributed by atoms with Gasteiger partial charge in [0, 0.05) is 46.3 Å². The Hall–Kier alpha value is -2.12. The minimum absolute atomic E-state index is 0.120. The number of likely N-dealkylation sites (N-methyl/N-ethyl adjacent to an activating group) is 2. The van der Waals surface area contributed by atoms with Crippen molar-refractivity contribution in [2.45, 2.75) is 59.9 Å². The lowest BCUT2D eigenvalue weighted by molar-refractivity contribution is -0.131. The van der Waals surface area contributed by atoms with Crippen LogP contribution in [-0.2, 0) is 22.6 Å². The summed E-state index contributed by atoms with van der Waals surface area (Å²) in [6.07, 6.45) is 0.569. The first-order valence-electron chi connectivity index (χ1n) is 11.6. The number of carbonyl (C=O) groups is 1. The number of nitrogens with one attached hydrogen (secondary N) is 1. The highest BCUT2D eigenvalue weighted by atomic mass is 16.5. The monoisotopic (exact) mass is 431 g/mol. The molecule has 7 nitrogen and oxygen atoms in total. The fourth-order valence-electron chi connectivity index (χ4n) is 4.01. The van der Waals surface area contributed by atoms with E-state index in [4.69, 9.17) is 9.73 Å². The number of ether oxygens (including phenoxy) is 1. The van der Waals surface area contributed by atoms with Gasteiger partial charge in [-0.15, -0.1) is 0 Å². The number of guanidine groups is 1. The maximum absolute atomic E-state index is 12.4. The first-order chi connectivity index (χ1) is 14.9. The molecule has 2 atom stereocenters. The summed E-state index contributed by atoms with van der Waals surface area (Å²) in [5.74, 6) is 0.873. The Balaban J connectivity index is 1.95. The van der Waals surface area contributed by atoms with Crippen molar-refractivity contribution < 1.29 is 9.53 Å². The molecule has 0 spiro atoms. The van der Waals surface area contributed by atoms with Gasteiger partial charge in [-0.2, -0.15) is 0 Å². The van der Waals surface area contributed by atoms with Crippen LogP contribution in [0.15, 0.2) is 29.3 Å². The first kappa shape index (κ1) is 25.1. The lowest BCUT2D eigenvalue weighted by Gasteiger charge is -2.35. The minimum Gasteiger partial charge on any atom is -0.373 e. The molecule has 1 heterocycles. The molecule has 0 bridgehead atoms.